The van der Waals surface area contributed by atoms with Crippen LogP contribution in [0, 0.1) is 0 Å². The number of aromatic nitrogens is 1. The molecular formula is C13H10Cl2N2O2. The number of pyridine rings is 1. The largest absolute Gasteiger partial charge is 0.275 e. The van der Waals surface area contributed by atoms with Gasteiger partial charge >= 0.3 is 0 Å². The lowest BCUT2D eigenvalue weighted by molar-refractivity contribution is 0.0233. The summed E-state index contributed by atoms with van der Waals surface area (Å²) >= 11 is 11.4. The summed E-state index contributed by atoms with van der Waals surface area (Å²) in [4.78, 5) is 20.6. The Bertz CT molecular complexity index is 556. The molecule has 0 saturated heterocycles. The van der Waals surface area contributed by atoms with E-state index in [-0.39, 0.29) is 22.5 Å². The van der Waals surface area contributed by atoms with Crippen molar-refractivity contribution < 1.29 is 9.63 Å². The summed E-state index contributed by atoms with van der Waals surface area (Å²) in [5.74, 6) is -0.429. The number of hydrogen-bond acceptors (Lipinski definition) is 3. The Hall–Kier alpha value is -1.62. The first-order chi connectivity index (χ1) is 9.15. The van der Waals surface area contributed by atoms with Gasteiger partial charge in [0.25, 0.3) is 5.91 Å². The molecule has 1 heterocycles. The lowest BCUT2D eigenvalue weighted by atomic mass is 10.2. The fourth-order valence-electron chi connectivity index (χ4n) is 1.41. The van der Waals surface area contributed by atoms with Gasteiger partial charge in [-0.25, -0.2) is 10.5 Å². The van der Waals surface area contributed by atoms with E-state index in [4.69, 9.17) is 28.0 Å². The molecule has 0 aliphatic carbocycles. The highest BCUT2D eigenvalue weighted by Gasteiger charge is 2.08. The number of nitrogens with one attached hydrogen (secondary N) is 1. The van der Waals surface area contributed by atoms with E-state index in [1.165, 1.54) is 12.1 Å². The van der Waals surface area contributed by atoms with Crippen LogP contribution in [0.2, 0.25) is 10.3 Å². The second-order valence-electron chi connectivity index (χ2n) is 3.71. The van der Waals surface area contributed by atoms with Crippen molar-refractivity contribution in [1.82, 2.24) is 10.5 Å². The van der Waals surface area contributed by atoms with E-state index in [0.717, 1.165) is 5.56 Å². The number of hydroxylamine groups is 1. The molecule has 0 radical (unpaired) electrons. The van der Waals surface area contributed by atoms with E-state index in [1.807, 2.05) is 30.3 Å². The lowest BCUT2D eigenvalue weighted by Gasteiger charge is -2.06. The van der Waals surface area contributed by atoms with E-state index in [0.29, 0.717) is 0 Å². The van der Waals surface area contributed by atoms with Gasteiger partial charge in [0.15, 0.2) is 0 Å². The fraction of sp³-hybridized carbons (Fsp3) is 0.0769. The van der Waals surface area contributed by atoms with Crippen molar-refractivity contribution in [3.63, 3.8) is 0 Å². The number of amides is 1. The third kappa shape index (κ3) is 4.21. The van der Waals surface area contributed by atoms with E-state index in [2.05, 4.69) is 10.5 Å². The first-order valence-electron chi connectivity index (χ1n) is 5.44. The molecule has 1 amide bonds. The van der Waals surface area contributed by atoms with Crippen molar-refractivity contribution >= 4 is 29.1 Å². The van der Waals surface area contributed by atoms with Crippen molar-refractivity contribution in [2.45, 2.75) is 6.61 Å². The number of halogens is 2. The molecule has 19 heavy (non-hydrogen) atoms. The van der Waals surface area contributed by atoms with Crippen LogP contribution in [0.25, 0.3) is 0 Å². The molecule has 2 aromatic rings. The summed E-state index contributed by atoms with van der Waals surface area (Å²) in [6.45, 7) is 0.277. The molecule has 2 rings (SSSR count). The third-order valence-electron chi connectivity index (χ3n) is 2.27. The van der Waals surface area contributed by atoms with Gasteiger partial charge in [0.2, 0.25) is 0 Å². The molecule has 0 fully saturated rings. The lowest BCUT2D eigenvalue weighted by Crippen LogP contribution is -2.23. The summed E-state index contributed by atoms with van der Waals surface area (Å²) in [7, 11) is 0. The van der Waals surface area contributed by atoms with Crippen LogP contribution in [0.4, 0.5) is 0 Å². The molecular weight excluding hydrogens is 287 g/mol. The standard InChI is InChI=1S/C13H10Cl2N2O2/c14-11-6-10(7-12(15)16-11)13(18)17-19-8-9-4-2-1-3-5-9/h1-7H,8H2,(H,17,18). The summed E-state index contributed by atoms with van der Waals surface area (Å²) < 4.78 is 0. The van der Waals surface area contributed by atoms with Crippen LogP contribution in [0.1, 0.15) is 15.9 Å². The van der Waals surface area contributed by atoms with Crippen molar-refractivity contribution in [3.8, 4) is 0 Å². The molecule has 6 heteroatoms. The second kappa shape index (κ2) is 6.52. The molecule has 1 aromatic carbocycles. The molecule has 98 valence electrons. The fourth-order valence-corrected chi connectivity index (χ4v) is 1.87. The van der Waals surface area contributed by atoms with Crippen LogP contribution in [0.5, 0.6) is 0 Å². The van der Waals surface area contributed by atoms with Gasteiger partial charge in [-0.3, -0.25) is 9.63 Å². The normalized spacial score (nSPS) is 10.2. The zero-order chi connectivity index (χ0) is 13.7. The van der Waals surface area contributed by atoms with Crippen molar-refractivity contribution in [1.29, 1.82) is 0 Å². The molecule has 1 N–H and O–H groups in total. The maximum Gasteiger partial charge on any atom is 0.275 e. The van der Waals surface area contributed by atoms with Crippen molar-refractivity contribution in [2.24, 2.45) is 0 Å². The number of hydrogen-bond donors (Lipinski definition) is 1. The summed E-state index contributed by atoms with van der Waals surface area (Å²) in [5.41, 5.74) is 3.56. The minimum absolute atomic E-state index is 0.153. The van der Waals surface area contributed by atoms with Gasteiger partial charge in [0, 0.05) is 5.56 Å². The summed E-state index contributed by atoms with van der Waals surface area (Å²) in [6.07, 6.45) is 0. The molecule has 0 aliphatic heterocycles. The maximum absolute atomic E-state index is 11.8. The Morgan fingerprint density at radius 3 is 2.42 bits per heavy atom. The van der Waals surface area contributed by atoms with Gasteiger partial charge in [-0.15, -0.1) is 0 Å². The number of nitrogens with zero attached hydrogens (tertiary/aromatic N) is 1. The minimum Gasteiger partial charge on any atom is -0.269 e. The SMILES string of the molecule is O=C(NOCc1ccccc1)c1cc(Cl)nc(Cl)c1. The quantitative estimate of drug-likeness (QED) is 0.696. The van der Waals surface area contributed by atoms with Gasteiger partial charge in [-0.2, -0.15) is 0 Å². The Morgan fingerprint density at radius 2 is 1.79 bits per heavy atom. The highest BCUT2D eigenvalue weighted by atomic mass is 35.5. The molecule has 0 aliphatic rings. The predicted molar refractivity (Wildman–Crippen MR) is 73.0 cm³/mol. The second-order valence-corrected chi connectivity index (χ2v) is 4.48. The number of rotatable bonds is 4. The summed E-state index contributed by atoms with van der Waals surface area (Å²) in [5, 5.41) is 0.307. The minimum atomic E-state index is -0.429. The maximum atomic E-state index is 11.8. The topological polar surface area (TPSA) is 51.2 Å². The molecule has 0 bridgehead atoms. The monoisotopic (exact) mass is 296 g/mol. The highest BCUT2D eigenvalue weighted by Crippen LogP contribution is 2.14. The van der Waals surface area contributed by atoms with Gasteiger partial charge in [0.05, 0.1) is 6.61 Å². The zero-order valence-electron chi connectivity index (χ0n) is 9.77. The third-order valence-corrected chi connectivity index (χ3v) is 2.66. The van der Waals surface area contributed by atoms with Crippen LogP contribution >= 0.6 is 23.2 Å². The Labute approximate surface area is 120 Å². The van der Waals surface area contributed by atoms with Crippen LogP contribution in [0.15, 0.2) is 42.5 Å². The molecule has 0 saturated carbocycles. The Kier molecular flexibility index (Phi) is 4.74. The molecule has 0 spiro atoms. The highest BCUT2D eigenvalue weighted by molar-refractivity contribution is 6.33. The average Bonchev–Trinajstić information content (AvgIpc) is 2.38. The van der Waals surface area contributed by atoms with Gasteiger partial charge in [-0.1, -0.05) is 53.5 Å². The molecule has 0 unspecified atom stereocenters. The van der Waals surface area contributed by atoms with Gasteiger partial charge in [-0.05, 0) is 17.7 Å². The van der Waals surface area contributed by atoms with Crippen LogP contribution < -0.4 is 5.48 Å². The summed E-state index contributed by atoms with van der Waals surface area (Å²) in [6, 6.07) is 12.3. The van der Waals surface area contributed by atoms with E-state index < -0.39 is 5.91 Å². The van der Waals surface area contributed by atoms with Crippen molar-refractivity contribution in [2.75, 3.05) is 0 Å². The first-order valence-corrected chi connectivity index (χ1v) is 6.20. The van der Waals surface area contributed by atoms with Gasteiger partial charge in [0.1, 0.15) is 10.3 Å². The average molecular weight is 297 g/mol. The Morgan fingerprint density at radius 1 is 1.16 bits per heavy atom. The molecule has 4 nitrogen and oxygen atoms in total. The zero-order valence-corrected chi connectivity index (χ0v) is 11.3. The van der Waals surface area contributed by atoms with Crippen LogP contribution in [0.3, 0.4) is 0 Å². The van der Waals surface area contributed by atoms with E-state index in [9.17, 15) is 4.79 Å². The van der Waals surface area contributed by atoms with Crippen LogP contribution in [-0.2, 0) is 11.4 Å². The Balaban J connectivity index is 1.91. The molecule has 0 atom stereocenters. The number of carbonyl (C=O) groups excluding carboxylic acids is 1. The molecule has 1 aromatic heterocycles. The number of carbonyl (C=O) groups is 1. The predicted octanol–water partition coefficient (Wildman–Crippen LogP) is 3.25. The van der Waals surface area contributed by atoms with E-state index in [1.54, 1.807) is 0 Å². The van der Waals surface area contributed by atoms with Gasteiger partial charge < -0.3 is 0 Å². The smallest absolute Gasteiger partial charge is 0.269 e. The van der Waals surface area contributed by atoms with E-state index >= 15 is 0 Å². The van der Waals surface area contributed by atoms with Crippen LogP contribution in [-0.4, -0.2) is 10.9 Å². The first kappa shape index (κ1) is 13.8. The van der Waals surface area contributed by atoms with Crippen molar-refractivity contribution in [3.05, 3.63) is 63.9 Å². The number of benzene rings is 1.